The van der Waals surface area contributed by atoms with Crippen molar-refractivity contribution in [2.75, 3.05) is 7.11 Å². The fraction of sp³-hybridized carbons (Fsp3) is 0.308. The topological polar surface area (TPSA) is 79.9 Å². The minimum Gasteiger partial charge on any atom is -0.507 e. The number of fused-ring (bicyclic) bond motifs is 1. The molecule has 0 unspecified atom stereocenters. The van der Waals surface area contributed by atoms with Crippen molar-refractivity contribution in [1.29, 1.82) is 0 Å². The molecule has 1 heterocycles. The summed E-state index contributed by atoms with van der Waals surface area (Å²) >= 11 is 11.1. The van der Waals surface area contributed by atoms with Gasteiger partial charge in [-0.05, 0) is 17.5 Å². The summed E-state index contributed by atoms with van der Waals surface area (Å²) in [7, 11) is 1.45. The quantitative estimate of drug-likeness (QED) is 0.845. The highest BCUT2D eigenvalue weighted by atomic mass is 35.5. The maximum Gasteiger partial charge on any atom is 0.347 e. The molecule has 0 radical (unpaired) electrons. The first-order valence-corrected chi connectivity index (χ1v) is 6.59. The normalized spacial score (nSPS) is 12.8. The number of alkyl halides is 2. The van der Waals surface area contributed by atoms with Gasteiger partial charge < -0.3 is 19.4 Å². The Kier molecular flexibility index (Phi) is 4.42. The van der Waals surface area contributed by atoms with Gasteiger partial charge in [-0.3, -0.25) is 0 Å². The lowest BCUT2D eigenvalue weighted by atomic mass is 10.1. The summed E-state index contributed by atoms with van der Waals surface area (Å²) in [5.41, 5.74) is -0.703. The van der Waals surface area contributed by atoms with E-state index in [0.29, 0.717) is 11.1 Å². The van der Waals surface area contributed by atoms with E-state index in [1.54, 1.807) is 6.07 Å². The predicted octanol–water partition coefficient (Wildman–Crippen LogP) is 2.21. The van der Waals surface area contributed by atoms with Gasteiger partial charge in [0, 0.05) is 12.5 Å². The van der Waals surface area contributed by atoms with Crippen LogP contribution in [-0.2, 0) is 6.42 Å². The number of benzene rings is 1. The van der Waals surface area contributed by atoms with Crippen LogP contribution in [0.1, 0.15) is 5.76 Å². The molecule has 1 atom stereocenters. The number of aliphatic hydroxyl groups excluding tert-OH is 1. The molecule has 5 nitrogen and oxygen atoms in total. The first kappa shape index (κ1) is 15.0. The Morgan fingerprint density at radius 1 is 1.35 bits per heavy atom. The number of rotatable bonds is 4. The van der Waals surface area contributed by atoms with Gasteiger partial charge in [0.25, 0.3) is 0 Å². The van der Waals surface area contributed by atoms with Gasteiger partial charge in [0.15, 0.2) is 0 Å². The van der Waals surface area contributed by atoms with Gasteiger partial charge in [-0.15, -0.1) is 23.2 Å². The second-order valence-electron chi connectivity index (χ2n) is 4.22. The van der Waals surface area contributed by atoms with Crippen LogP contribution in [-0.4, -0.2) is 28.3 Å². The molecule has 0 amide bonds. The summed E-state index contributed by atoms with van der Waals surface area (Å²) in [6.45, 7) is 0. The third-order valence-electron chi connectivity index (χ3n) is 2.80. The minimum absolute atomic E-state index is 0.0131. The molecule has 0 bridgehead atoms. The molecule has 0 saturated carbocycles. The number of ether oxygens (including phenoxy) is 1. The zero-order chi connectivity index (χ0) is 14.9. The van der Waals surface area contributed by atoms with Crippen LogP contribution in [0.15, 0.2) is 27.4 Å². The van der Waals surface area contributed by atoms with Gasteiger partial charge in [0.1, 0.15) is 27.5 Å². The molecule has 2 rings (SSSR count). The first-order valence-electron chi connectivity index (χ1n) is 5.72. The van der Waals surface area contributed by atoms with Crippen molar-refractivity contribution in [1.82, 2.24) is 0 Å². The molecule has 2 aromatic rings. The Morgan fingerprint density at radius 3 is 2.65 bits per heavy atom. The summed E-state index contributed by atoms with van der Waals surface area (Å²) in [6, 6.07) is 4.43. The monoisotopic (exact) mass is 318 g/mol. The Morgan fingerprint density at radius 2 is 2.05 bits per heavy atom. The summed E-state index contributed by atoms with van der Waals surface area (Å²) in [6.07, 6.45) is -1.07. The van der Waals surface area contributed by atoms with Crippen LogP contribution in [0.5, 0.6) is 11.5 Å². The molecule has 2 N–H and O–H groups in total. The van der Waals surface area contributed by atoms with Crippen molar-refractivity contribution < 1.29 is 19.4 Å². The lowest BCUT2D eigenvalue weighted by Gasteiger charge is -2.11. The second-order valence-corrected chi connectivity index (χ2v) is 5.38. The molecule has 0 spiro atoms. The average molecular weight is 319 g/mol. The minimum atomic E-state index is -1.06. The van der Waals surface area contributed by atoms with Crippen molar-refractivity contribution in [3.05, 3.63) is 34.4 Å². The van der Waals surface area contributed by atoms with E-state index in [9.17, 15) is 15.0 Å². The Balaban J connectivity index is 2.53. The molecular weight excluding hydrogens is 307 g/mol. The van der Waals surface area contributed by atoms with Crippen molar-refractivity contribution in [3.8, 4) is 11.5 Å². The van der Waals surface area contributed by atoms with E-state index in [-0.39, 0.29) is 23.3 Å². The fourth-order valence-electron chi connectivity index (χ4n) is 1.84. The predicted molar refractivity (Wildman–Crippen MR) is 75.9 cm³/mol. The van der Waals surface area contributed by atoms with Gasteiger partial charge in [-0.25, -0.2) is 4.79 Å². The van der Waals surface area contributed by atoms with Crippen LogP contribution in [0.25, 0.3) is 10.8 Å². The highest BCUT2D eigenvalue weighted by Crippen LogP contribution is 2.28. The number of methoxy groups -OCH3 is 1. The molecule has 1 aromatic heterocycles. The highest BCUT2D eigenvalue weighted by molar-refractivity contribution is 6.44. The number of aromatic hydroxyl groups is 1. The molecular formula is C13H12Cl2O5. The molecule has 0 aliphatic rings. The standard InChI is InChI=1S/C13H12Cl2O5/c1-19-7-2-6-3-8(5-10(17)12(14)15)20-13(18)11(6)9(16)4-7/h2-4,10,12,16-17H,5H2,1H3/t10-/m0/s1. The van der Waals surface area contributed by atoms with Crippen molar-refractivity contribution in [3.63, 3.8) is 0 Å². The lowest BCUT2D eigenvalue weighted by molar-refractivity contribution is 0.180. The molecule has 7 heteroatoms. The summed E-state index contributed by atoms with van der Waals surface area (Å²) in [5, 5.41) is 19.9. The smallest absolute Gasteiger partial charge is 0.347 e. The number of hydrogen-bond donors (Lipinski definition) is 2. The summed E-state index contributed by atoms with van der Waals surface area (Å²) in [4.78, 5) is 10.9. The SMILES string of the molecule is COc1cc(O)c2c(=O)oc(C[C@H](O)C(Cl)Cl)cc2c1. The van der Waals surface area contributed by atoms with Gasteiger partial charge in [-0.2, -0.15) is 0 Å². The zero-order valence-electron chi connectivity index (χ0n) is 10.5. The number of aliphatic hydroxyl groups is 1. The summed E-state index contributed by atoms with van der Waals surface area (Å²) in [5.74, 6) is 0.390. The average Bonchev–Trinajstić information content (AvgIpc) is 2.37. The molecule has 0 saturated heterocycles. The lowest BCUT2D eigenvalue weighted by Crippen LogP contribution is -2.19. The first-order chi connectivity index (χ1) is 9.42. The van der Waals surface area contributed by atoms with E-state index in [2.05, 4.69) is 0 Å². The van der Waals surface area contributed by atoms with E-state index >= 15 is 0 Å². The molecule has 0 fully saturated rings. The molecule has 108 valence electrons. The van der Waals surface area contributed by atoms with Crippen LogP contribution in [0.2, 0.25) is 0 Å². The molecule has 0 aliphatic heterocycles. The Bertz CT molecular complexity index is 680. The van der Waals surface area contributed by atoms with Gasteiger partial charge in [-0.1, -0.05) is 0 Å². The van der Waals surface area contributed by atoms with Crippen molar-refractivity contribution in [2.45, 2.75) is 17.4 Å². The fourth-order valence-corrected chi connectivity index (χ4v) is 2.02. The van der Waals surface area contributed by atoms with Crippen LogP contribution < -0.4 is 10.4 Å². The maximum absolute atomic E-state index is 11.9. The molecule has 20 heavy (non-hydrogen) atoms. The van der Waals surface area contributed by atoms with E-state index in [0.717, 1.165) is 0 Å². The number of phenolic OH excluding ortho intramolecular Hbond substituents is 1. The maximum atomic E-state index is 11.9. The highest BCUT2D eigenvalue weighted by Gasteiger charge is 2.17. The number of halogens is 2. The van der Waals surface area contributed by atoms with E-state index in [4.69, 9.17) is 32.4 Å². The van der Waals surface area contributed by atoms with Crippen molar-refractivity contribution >= 4 is 34.0 Å². The van der Waals surface area contributed by atoms with Gasteiger partial charge >= 0.3 is 5.63 Å². The Hall–Kier alpha value is -1.43. The van der Waals surface area contributed by atoms with Gasteiger partial charge in [0.05, 0.1) is 13.2 Å². The third kappa shape index (κ3) is 3.00. The summed E-state index contributed by atoms with van der Waals surface area (Å²) < 4.78 is 10.0. The van der Waals surface area contributed by atoms with Crippen LogP contribution in [0.3, 0.4) is 0 Å². The van der Waals surface area contributed by atoms with Crippen LogP contribution in [0.4, 0.5) is 0 Å². The van der Waals surface area contributed by atoms with E-state index in [1.807, 2.05) is 0 Å². The van der Waals surface area contributed by atoms with Gasteiger partial charge in [0.2, 0.25) is 0 Å². The zero-order valence-corrected chi connectivity index (χ0v) is 12.0. The van der Waals surface area contributed by atoms with Crippen molar-refractivity contribution in [2.24, 2.45) is 0 Å². The third-order valence-corrected chi connectivity index (χ3v) is 3.38. The number of hydrogen-bond acceptors (Lipinski definition) is 5. The Labute approximate surface area is 124 Å². The van der Waals surface area contributed by atoms with Crippen LogP contribution in [0, 0.1) is 0 Å². The van der Waals surface area contributed by atoms with E-state index in [1.165, 1.54) is 19.2 Å². The number of phenols is 1. The van der Waals surface area contributed by atoms with E-state index < -0.39 is 16.6 Å². The second kappa shape index (κ2) is 5.91. The largest absolute Gasteiger partial charge is 0.507 e. The molecule has 1 aromatic carbocycles. The molecule has 0 aliphatic carbocycles. The van der Waals surface area contributed by atoms with Crippen LogP contribution >= 0.6 is 23.2 Å².